The maximum atomic E-state index is 13.1. The van der Waals surface area contributed by atoms with Crippen molar-refractivity contribution in [2.45, 2.75) is 19.4 Å². The first-order chi connectivity index (χ1) is 17.1. The van der Waals surface area contributed by atoms with E-state index in [1.807, 2.05) is 42.5 Å². The lowest BCUT2D eigenvalue weighted by Crippen LogP contribution is -2.25. The molecule has 1 aliphatic rings. The van der Waals surface area contributed by atoms with Gasteiger partial charge in [-0.05, 0) is 47.9 Å². The number of likely N-dealkylation sites (N-methyl/N-ethyl adjacent to an activating group) is 1. The fourth-order valence-electron chi connectivity index (χ4n) is 4.63. The molecule has 6 rings (SSSR count). The molecule has 3 heterocycles. The lowest BCUT2D eigenvalue weighted by Gasteiger charge is -2.22. The molecule has 0 atom stereocenters. The highest BCUT2D eigenvalue weighted by atomic mass is 32.1. The van der Waals surface area contributed by atoms with Gasteiger partial charge in [-0.25, -0.2) is 4.98 Å². The van der Waals surface area contributed by atoms with Gasteiger partial charge < -0.3 is 10.2 Å². The zero-order valence-electron chi connectivity index (χ0n) is 19.5. The number of benzene rings is 3. The van der Waals surface area contributed by atoms with Crippen LogP contribution in [0.1, 0.15) is 16.0 Å². The van der Waals surface area contributed by atoms with Gasteiger partial charge in [0.15, 0.2) is 0 Å². The van der Waals surface area contributed by atoms with E-state index in [2.05, 4.69) is 53.7 Å². The zero-order chi connectivity index (χ0) is 23.8. The summed E-state index contributed by atoms with van der Waals surface area (Å²) in [5.41, 5.74) is 6.81. The summed E-state index contributed by atoms with van der Waals surface area (Å²) in [7, 11) is 2.15. The van der Waals surface area contributed by atoms with E-state index >= 15 is 0 Å². The fraction of sp³-hybridized carbons (Fsp3) is 0.172. The number of carbonyl (C=O) groups excluding carboxylic acids is 1. The van der Waals surface area contributed by atoms with Gasteiger partial charge in [0, 0.05) is 23.5 Å². The molecule has 3 aromatic carbocycles. The number of hydrogen-bond donors (Lipinski definition) is 1. The second-order valence-electron chi connectivity index (χ2n) is 8.97. The van der Waals surface area contributed by atoms with Crippen molar-refractivity contribution in [1.29, 1.82) is 0 Å². The summed E-state index contributed by atoms with van der Waals surface area (Å²) < 4.78 is 1.17. The summed E-state index contributed by atoms with van der Waals surface area (Å²) in [6.45, 7) is 1.93. The van der Waals surface area contributed by atoms with Gasteiger partial charge in [0.2, 0.25) is 5.91 Å². The van der Waals surface area contributed by atoms with Crippen LogP contribution in [0.25, 0.3) is 31.9 Å². The number of nitrogens with zero attached hydrogens (tertiary/aromatic N) is 2. The summed E-state index contributed by atoms with van der Waals surface area (Å²) in [5, 5.41) is 5.17. The van der Waals surface area contributed by atoms with Crippen LogP contribution in [-0.2, 0) is 24.2 Å². The van der Waals surface area contributed by atoms with Crippen LogP contribution in [-0.4, -0.2) is 29.4 Å². The molecule has 0 radical (unpaired) electrons. The van der Waals surface area contributed by atoms with Gasteiger partial charge in [0.25, 0.3) is 0 Å². The number of thiazole rings is 1. The maximum Gasteiger partial charge on any atom is 0.229 e. The molecule has 1 N–H and O–H groups in total. The van der Waals surface area contributed by atoms with E-state index in [9.17, 15) is 4.79 Å². The Morgan fingerprint density at radius 2 is 1.69 bits per heavy atom. The van der Waals surface area contributed by atoms with E-state index in [1.165, 1.54) is 20.7 Å². The van der Waals surface area contributed by atoms with Crippen molar-refractivity contribution in [3.63, 3.8) is 0 Å². The Bertz CT molecular complexity index is 1470. The first-order valence-corrected chi connectivity index (χ1v) is 13.4. The molecule has 35 heavy (non-hydrogen) atoms. The van der Waals surface area contributed by atoms with Crippen LogP contribution in [0.4, 0.5) is 5.00 Å². The molecule has 0 saturated heterocycles. The molecule has 5 aromatic rings. The molecule has 6 heteroatoms. The summed E-state index contributed by atoms with van der Waals surface area (Å²) in [4.78, 5) is 21.7. The SMILES string of the molecule is CN1CCc2c(sc(NC(=O)Cc3ccc(-c4ccccc4)cc3)c2-c2nc3ccccc3s2)C1. The molecule has 1 aliphatic heterocycles. The van der Waals surface area contributed by atoms with E-state index in [0.717, 1.165) is 51.7 Å². The molecule has 0 spiro atoms. The number of carbonyl (C=O) groups is 1. The number of anilines is 1. The van der Waals surface area contributed by atoms with Crippen LogP contribution in [0, 0.1) is 0 Å². The number of amides is 1. The first-order valence-electron chi connectivity index (χ1n) is 11.8. The Morgan fingerprint density at radius 3 is 2.49 bits per heavy atom. The highest BCUT2D eigenvalue weighted by Gasteiger charge is 2.26. The number of thiophene rings is 1. The van der Waals surface area contributed by atoms with Crippen LogP contribution >= 0.6 is 22.7 Å². The smallest absolute Gasteiger partial charge is 0.229 e. The summed E-state index contributed by atoms with van der Waals surface area (Å²) in [6.07, 6.45) is 1.32. The number of hydrogen-bond acceptors (Lipinski definition) is 5. The average molecular weight is 496 g/mol. The monoisotopic (exact) mass is 495 g/mol. The lowest BCUT2D eigenvalue weighted by molar-refractivity contribution is -0.115. The molecule has 174 valence electrons. The van der Waals surface area contributed by atoms with E-state index < -0.39 is 0 Å². The predicted octanol–water partition coefficient (Wildman–Crippen LogP) is 6.86. The Balaban J connectivity index is 1.27. The molecule has 4 nitrogen and oxygen atoms in total. The third-order valence-corrected chi connectivity index (χ3v) is 8.62. The van der Waals surface area contributed by atoms with E-state index in [1.54, 1.807) is 22.7 Å². The van der Waals surface area contributed by atoms with Gasteiger partial charge in [0.05, 0.1) is 16.6 Å². The molecular weight excluding hydrogens is 470 g/mol. The van der Waals surface area contributed by atoms with Crippen molar-refractivity contribution in [2.24, 2.45) is 0 Å². The summed E-state index contributed by atoms with van der Waals surface area (Å²) in [6, 6.07) is 26.8. The Labute approximate surface area is 212 Å². The second kappa shape index (κ2) is 9.38. The normalized spacial score (nSPS) is 13.6. The van der Waals surface area contributed by atoms with Crippen molar-refractivity contribution < 1.29 is 4.79 Å². The standard InChI is InChI=1S/C29H25N3OS2/c1-32-16-15-22-25(18-32)35-29(27(22)28-30-23-9-5-6-10-24(23)34-28)31-26(33)17-19-11-13-21(14-12-19)20-7-3-2-4-8-20/h2-14H,15-18H2,1H3,(H,31,33). The summed E-state index contributed by atoms with van der Waals surface area (Å²) in [5.74, 6) is 0.00627. The van der Waals surface area contributed by atoms with Crippen LogP contribution in [0.2, 0.25) is 0 Å². The molecule has 1 amide bonds. The number of fused-ring (bicyclic) bond motifs is 2. The van der Waals surface area contributed by atoms with Crippen LogP contribution in [0.3, 0.4) is 0 Å². The van der Waals surface area contributed by atoms with E-state index in [4.69, 9.17) is 4.98 Å². The highest BCUT2D eigenvalue weighted by molar-refractivity contribution is 7.22. The minimum atomic E-state index is 0.00627. The first kappa shape index (κ1) is 22.2. The van der Waals surface area contributed by atoms with Gasteiger partial charge in [-0.1, -0.05) is 66.7 Å². The molecule has 0 aliphatic carbocycles. The number of rotatable bonds is 5. The molecule has 2 aromatic heterocycles. The fourth-order valence-corrected chi connectivity index (χ4v) is 7.08. The van der Waals surface area contributed by atoms with Crippen LogP contribution in [0.15, 0.2) is 78.9 Å². The Morgan fingerprint density at radius 1 is 0.943 bits per heavy atom. The van der Waals surface area contributed by atoms with Crippen molar-refractivity contribution in [3.8, 4) is 21.7 Å². The lowest BCUT2D eigenvalue weighted by atomic mass is 10.0. The van der Waals surface area contributed by atoms with Crippen molar-refractivity contribution in [2.75, 3.05) is 18.9 Å². The molecule has 0 bridgehead atoms. The molecule has 0 fully saturated rings. The van der Waals surface area contributed by atoms with Crippen LogP contribution in [0.5, 0.6) is 0 Å². The number of aromatic nitrogens is 1. The minimum absolute atomic E-state index is 0.00627. The van der Waals surface area contributed by atoms with Gasteiger partial charge in [-0.2, -0.15) is 0 Å². The van der Waals surface area contributed by atoms with Crippen molar-refractivity contribution in [1.82, 2.24) is 9.88 Å². The average Bonchev–Trinajstić information content (AvgIpc) is 3.45. The maximum absolute atomic E-state index is 13.1. The number of nitrogens with one attached hydrogen (secondary N) is 1. The van der Waals surface area contributed by atoms with E-state index in [0.29, 0.717) is 6.42 Å². The third kappa shape index (κ3) is 4.52. The van der Waals surface area contributed by atoms with Gasteiger partial charge in [-0.15, -0.1) is 22.7 Å². The highest BCUT2D eigenvalue weighted by Crippen LogP contribution is 2.45. The van der Waals surface area contributed by atoms with Gasteiger partial charge in [0.1, 0.15) is 10.0 Å². The molecule has 0 unspecified atom stereocenters. The van der Waals surface area contributed by atoms with Crippen LogP contribution < -0.4 is 5.32 Å². The van der Waals surface area contributed by atoms with Gasteiger partial charge in [-0.3, -0.25) is 4.79 Å². The predicted molar refractivity (Wildman–Crippen MR) is 147 cm³/mol. The topological polar surface area (TPSA) is 45.2 Å². The van der Waals surface area contributed by atoms with E-state index in [-0.39, 0.29) is 5.91 Å². The minimum Gasteiger partial charge on any atom is -0.317 e. The van der Waals surface area contributed by atoms with Crippen molar-refractivity contribution >= 4 is 43.8 Å². The summed E-state index contributed by atoms with van der Waals surface area (Å²) >= 11 is 3.41. The Hall–Kier alpha value is -3.32. The number of para-hydroxylation sites is 1. The quantitative estimate of drug-likeness (QED) is 0.290. The molecule has 0 saturated carbocycles. The molecular formula is C29H25N3OS2. The Kier molecular flexibility index (Phi) is 5.94. The third-order valence-electron chi connectivity index (χ3n) is 6.43. The van der Waals surface area contributed by atoms with Crippen molar-refractivity contribution in [3.05, 3.63) is 94.9 Å². The zero-order valence-corrected chi connectivity index (χ0v) is 21.1. The largest absolute Gasteiger partial charge is 0.317 e. The second-order valence-corrected chi connectivity index (χ2v) is 11.1. The van der Waals surface area contributed by atoms with Gasteiger partial charge >= 0.3 is 0 Å².